The third kappa shape index (κ3) is 1.11. The smallest absolute Gasteiger partial charge is 0.195 e. The zero-order valence-corrected chi connectivity index (χ0v) is 7.48. The maximum atomic E-state index is 11.1. The molecule has 0 spiro atoms. The van der Waals surface area contributed by atoms with Crippen LogP contribution in [-0.4, -0.2) is 20.3 Å². The van der Waals surface area contributed by atoms with Gasteiger partial charge in [0.25, 0.3) is 0 Å². The average molecular weight is 175 g/mol. The second-order valence-corrected chi connectivity index (χ2v) is 2.90. The summed E-state index contributed by atoms with van der Waals surface area (Å²) < 4.78 is 1.75. The number of imidazole rings is 1. The predicted molar refractivity (Wildman–Crippen MR) is 48.5 cm³/mol. The van der Waals surface area contributed by atoms with E-state index in [9.17, 15) is 4.79 Å². The van der Waals surface area contributed by atoms with Gasteiger partial charge in [0, 0.05) is 20.2 Å². The highest BCUT2D eigenvalue weighted by Gasteiger charge is 2.10. The van der Waals surface area contributed by atoms with E-state index in [1.165, 1.54) is 6.92 Å². The van der Waals surface area contributed by atoms with Crippen LogP contribution in [0.4, 0.5) is 0 Å². The van der Waals surface area contributed by atoms with Crippen molar-refractivity contribution in [3.05, 3.63) is 24.2 Å². The number of pyridine rings is 1. The van der Waals surface area contributed by atoms with Crippen LogP contribution in [0.15, 0.2) is 18.3 Å². The molecule has 2 rings (SSSR count). The highest BCUT2D eigenvalue weighted by Crippen LogP contribution is 2.11. The summed E-state index contributed by atoms with van der Waals surface area (Å²) in [7, 11) is 1.81. The van der Waals surface area contributed by atoms with E-state index in [1.807, 2.05) is 19.2 Å². The van der Waals surface area contributed by atoms with Crippen LogP contribution in [0.3, 0.4) is 0 Å². The third-order valence-electron chi connectivity index (χ3n) is 1.97. The lowest BCUT2D eigenvalue weighted by Crippen LogP contribution is -2.02. The Morgan fingerprint density at radius 2 is 2.31 bits per heavy atom. The maximum absolute atomic E-state index is 11.1. The number of rotatable bonds is 1. The minimum absolute atomic E-state index is 0.0412. The minimum atomic E-state index is -0.0412. The van der Waals surface area contributed by atoms with E-state index in [1.54, 1.807) is 10.8 Å². The van der Waals surface area contributed by atoms with Crippen molar-refractivity contribution in [3.63, 3.8) is 0 Å². The Hall–Kier alpha value is -1.71. The standard InChI is InChI=1S/C9H9N3O/c1-6(13)9-11-8-7(12(9)2)4-3-5-10-8/h3-5H,1-2H3. The molecule has 4 nitrogen and oxygen atoms in total. The van der Waals surface area contributed by atoms with Crippen molar-refractivity contribution in [2.75, 3.05) is 0 Å². The monoisotopic (exact) mass is 175 g/mol. The van der Waals surface area contributed by atoms with Crippen molar-refractivity contribution in [1.29, 1.82) is 0 Å². The maximum Gasteiger partial charge on any atom is 0.195 e. The summed E-state index contributed by atoms with van der Waals surface area (Å²) in [4.78, 5) is 19.3. The molecule has 0 aliphatic carbocycles. The Balaban J connectivity index is 2.81. The first-order chi connectivity index (χ1) is 6.20. The number of aromatic nitrogens is 3. The van der Waals surface area contributed by atoms with Crippen LogP contribution < -0.4 is 0 Å². The summed E-state index contributed by atoms with van der Waals surface area (Å²) in [5.41, 5.74) is 1.50. The lowest BCUT2D eigenvalue weighted by molar-refractivity contribution is 0.100. The molecule has 2 aromatic rings. The number of fused-ring (bicyclic) bond motifs is 1. The van der Waals surface area contributed by atoms with Gasteiger partial charge in [-0.25, -0.2) is 9.97 Å². The molecule has 13 heavy (non-hydrogen) atoms. The first-order valence-electron chi connectivity index (χ1n) is 3.98. The molecule has 2 aromatic heterocycles. The quantitative estimate of drug-likeness (QED) is 0.611. The van der Waals surface area contributed by atoms with Gasteiger partial charge >= 0.3 is 0 Å². The molecule has 0 saturated heterocycles. The topological polar surface area (TPSA) is 47.8 Å². The number of ketones is 1. The van der Waals surface area contributed by atoms with Gasteiger partial charge in [0.2, 0.25) is 0 Å². The van der Waals surface area contributed by atoms with Crippen LogP contribution in [0, 0.1) is 0 Å². The molecule has 0 radical (unpaired) electrons. The van der Waals surface area contributed by atoms with Gasteiger partial charge < -0.3 is 4.57 Å². The summed E-state index contributed by atoms with van der Waals surface area (Å²) >= 11 is 0. The van der Waals surface area contributed by atoms with Crippen LogP contribution in [0.1, 0.15) is 17.5 Å². The highest BCUT2D eigenvalue weighted by molar-refractivity contribution is 5.93. The molecule has 0 saturated carbocycles. The first-order valence-corrected chi connectivity index (χ1v) is 3.98. The summed E-state index contributed by atoms with van der Waals surface area (Å²) in [5.74, 6) is 0.411. The lowest BCUT2D eigenvalue weighted by atomic mass is 10.4. The Labute approximate surface area is 75.2 Å². The van der Waals surface area contributed by atoms with E-state index in [0.717, 1.165) is 5.52 Å². The lowest BCUT2D eigenvalue weighted by Gasteiger charge is -1.95. The zero-order chi connectivity index (χ0) is 9.42. The van der Waals surface area contributed by atoms with Crippen LogP contribution in [-0.2, 0) is 7.05 Å². The number of hydrogen-bond donors (Lipinski definition) is 0. The SMILES string of the molecule is CC(=O)c1nc2ncccc2n1C. The number of carbonyl (C=O) groups excluding carboxylic acids is 1. The molecule has 0 atom stereocenters. The molecular formula is C9H9N3O. The van der Waals surface area contributed by atoms with Gasteiger partial charge in [0.1, 0.15) is 0 Å². The predicted octanol–water partition coefficient (Wildman–Crippen LogP) is 1.17. The number of carbonyl (C=O) groups is 1. The molecule has 0 bridgehead atoms. The Bertz CT molecular complexity index is 473. The number of Topliss-reactive ketones (excluding diaryl/α,β-unsaturated/α-hetero) is 1. The third-order valence-corrected chi connectivity index (χ3v) is 1.97. The summed E-state index contributed by atoms with van der Waals surface area (Å²) in [6.45, 7) is 1.50. The first kappa shape index (κ1) is 7.91. The fourth-order valence-corrected chi connectivity index (χ4v) is 1.34. The summed E-state index contributed by atoms with van der Waals surface area (Å²) in [6.07, 6.45) is 1.67. The Kier molecular flexibility index (Phi) is 1.62. The normalized spacial score (nSPS) is 10.6. The van der Waals surface area contributed by atoms with Crippen molar-refractivity contribution >= 4 is 16.9 Å². The molecule has 0 unspecified atom stereocenters. The number of hydrogen-bond acceptors (Lipinski definition) is 3. The summed E-state index contributed by atoms with van der Waals surface area (Å²) in [6, 6.07) is 3.72. The Morgan fingerprint density at radius 3 is 2.92 bits per heavy atom. The molecule has 0 N–H and O–H groups in total. The molecule has 0 amide bonds. The highest BCUT2D eigenvalue weighted by atomic mass is 16.1. The van der Waals surface area contributed by atoms with Gasteiger partial charge in [-0.05, 0) is 12.1 Å². The van der Waals surface area contributed by atoms with Gasteiger partial charge in [0.05, 0.1) is 5.52 Å². The number of nitrogens with zero attached hydrogens (tertiary/aromatic N) is 3. The van der Waals surface area contributed by atoms with E-state index in [2.05, 4.69) is 9.97 Å². The van der Waals surface area contributed by atoms with Gasteiger partial charge in [-0.2, -0.15) is 0 Å². The van der Waals surface area contributed by atoms with Crippen molar-refractivity contribution in [3.8, 4) is 0 Å². The fraction of sp³-hybridized carbons (Fsp3) is 0.222. The molecule has 4 heteroatoms. The van der Waals surface area contributed by atoms with E-state index >= 15 is 0 Å². The fourth-order valence-electron chi connectivity index (χ4n) is 1.34. The van der Waals surface area contributed by atoms with Crippen molar-refractivity contribution < 1.29 is 4.79 Å². The van der Waals surface area contributed by atoms with E-state index in [0.29, 0.717) is 11.5 Å². The minimum Gasteiger partial charge on any atom is -0.323 e. The van der Waals surface area contributed by atoms with Crippen LogP contribution in [0.5, 0.6) is 0 Å². The van der Waals surface area contributed by atoms with Crippen molar-refractivity contribution in [1.82, 2.24) is 14.5 Å². The van der Waals surface area contributed by atoms with E-state index in [4.69, 9.17) is 0 Å². The van der Waals surface area contributed by atoms with E-state index < -0.39 is 0 Å². The molecule has 0 aliphatic heterocycles. The summed E-state index contributed by atoms with van der Waals surface area (Å²) in [5, 5.41) is 0. The largest absolute Gasteiger partial charge is 0.323 e. The molecule has 2 heterocycles. The molecule has 0 aliphatic rings. The van der Waals surface area contributed by atoms with Crippen molar-refractivity contribution in [2.24, 2.45) is 7.05 Å². The average Bonchev–Trinajstić information content (AvgIpc) is 2.45. The Morgan fingerprint density at radius 1 is 1.54 bits per heavy atom. The molecular weight excluding hydrogens is 166 g/mol. The number of aryl methyl sites for hydroxylation is 1. The van der Waals surface area contributed by atoms with Gasteiger partial charge in [0.15, 0.2) is 17.3 Å². The second-order valence-electron chi connectivity index (χ2n) is 2.90. The molecule has 0 aromatic carbocycles. The van der Waals surface area contributed by atoms with Gasteiger partial charge in [-0.15, -0.1) is 0 Å². The molecule has 0 fully saturated rings. The van der Waals surface area contributed by atoms with Gasteiger partial charge in [-0.1, -0.05) is 0 Å². The second kappa shape index (κ2) is 2.65. The zero-order valence-electron chi connectivity index (χ0n) is 7.48. The van der Waals surface area contributed by atoms with Crippen molar-refractivity contribution in [2.45, 2.75) is 6.92 Å². The van der Waals surface area contributed by atoms with Crippen LogP contribution >= 0.6 is 0 Å². The van der Waals surface area contributed by atoms with E-state index in [-0.39, 0.29) is 5.78 Å². The van der Waals surface area contributed by atoms with Crippen LogP contribution in [0.2, 0.25) is 0 Å². The molecule has 66 valence electrons. The van der Waals surface area contributed by atoms with Crippen LogP contribution in [0.25, 0.3) is 11.2 Å². The van der Waals surface area contributed by atoms with Gasteiger partial charge in [-0.3, -0.25) is 4.79 Å².